The first kappa shape index (κ1) is 23.3. The van der Waals surface area contributed by atoms with Crippen molar-refractivity contribution in [2.24, 2.45) is 10.7 Å². The molecule has 0 aromatic carbocycles. The summed E-state index contributed by atoms with van der Waals surface area (Å²) in [7, 11) is 3.62. The molecule has 2 heterocycles. The van der Waals surface area contributed by atoms with Crippen molar-refractivity contribution in [3.63, 3.8) is 0 Å². The van der Waals surface area contributed by atoms with Crippen molar-refractivity contribution in [1.29, 1.82) is 0 Å². The highest BCUT2D eigenvalue weighted by Crippen LogP contribution is 2.19. The van der Waals surface area contributed by atoms with E-state index in [1.165, 1.54) is 0 Å². The number of amides is 2. The molecule has 0 bridgehead atoms. The maximum absolute atomic E-state index is 12.2. The predicted octanol–water partition coefficient (Wildman–Crippen LogP) is 0.797. The highest BCUT2D eigenvalue weighted by Gasteiger charge is 2.31. The topological polar surface area (TPSA) is 94.7 Å². The van der Waals surface area contributed by atoms with Crippen LogP contribution in [0, 0.1) is 0 Å². The fraction of sp³-hybridized carbons (Fsp3) is 0.850. The number of rotatable bonds is 5. The molecule has 0 radical (unpaired) electrons. The molecule has 1 unspecified atom stereocenters. The van der Waals surface area contributed by atoms with E-state index in [1.807, 2.05) is 39.8 Å². The maximum atomic E-state index is 12.2. The van der Waals surface area contributed by atoms with Gasteiger partial charge in [0.15, 0.2) is 5.96 Å². The normalized spacial score (nSPS) is 21.4. The molecule has 29 heavy (non-hydrogen) atoms. The number of piperazine rings is 1. The van der Waals surface area contributed by atoms with Crippen LogP contribution in [-0.2, 0) is 9.53 Å². The number of likely N-dealkylation sites (tertiary alicyclic amines) is 1. The number of ether oxygens (including phenoxy) is 1. The lowest BCUT2D eigenvalue weighted by Crippen LogP contribution is -2.53. The summed E-state index contributed by atoms with van der Waals surface area (Å²) in [5.74, 6) is 0.713. The smallest absolute Gasteiger partial charge is 0.410 e. The van der Waals surface area contributed by atoms with Gasteiger partial charge >= 0.3 is 6.09 Å². The van der Waals surface area contributed by atoms with Gasteiger partial charge in [-0.15, -0.1) is 0 Å². The number of likely N-dealkylation sites (N-methyl/N-ethyl adjacent to an activating group) is 1. The van der Waals surface area contributed by atoms with Crippen LogP contribution in [0.4, 0.5) is 4.79 Å². The first-order chi connectivity index (χ1) is 13.6. The van der Waals surface area contributed by atoms with Crippen molar-refractivity contribution in [3.05, 3.63) is 0 Å². The van der Waals surface area contributed by atoms with Gasteiger partial charge in [-0.1, -0.05) is 0 Å². The number of nitrogens with two attached hydrogens (primary N) is 1. The monoisotopic (exact) mass is 410 g/mol. The first-order valence-corrected chi connectivity index (χ1v) is 10.6. The third kappa shape index (κ3) is 7.06. The van der Waals surface area contributed by atoms with Crippen LogP contribution in [0.1, 0.15) is 40.0 Å². The Morgan fingerprint density at radius 1 is 1.10 bits per heavy atom. The van der Waals surface area contributed by atoms with Crippen molar-refractivity contribution < 1.29 is 14.3 Å². The Hall–Kier alpha value is -2.03. The fourth-order valence-electron chi connectivity index (χ4n) is 3.68. The number of hydrogen-bond acceptors (Lipinski definition) is 5. The van der Waals surface area contributed by atoms with Gasteiger partial charge in [-0.25, -0.2) is 4.79 Å². The first-order valence-electron chi connectivity index (χ1n) is 10.6. The highest BCUT2D eigenvalue weighted by molar-refractivity contribution is 5.81. The van der Waals surface area contributed by atoms with E-state index in [1.54, 1.807) is 9.80 Å². The summed E-state index contributed by atoms with van der Waals surface area (Å²) in [4.78, 5) is 36.5. The number of carbonyl (C=O) groups excluding carboxylic acids is 2. The SMILES string of the molecule is CN(C)C(=O)C1CCCN1CCCN=C(N)N1CCN(C(=O)OC(C)(C)C)CC1. The molecule has 2 fully saturated rings. The summed E-state index contributed by atoms with van der Waals surface area (Å²) >= 11 is 0. The summed E-state index contributed by atoms with van der Waals surface area (Å²) in [6, 6.07) is 0.00672. The summed E-state index contributed by atoms with van der Waals surface area (Å²) in [6.07, 6.45) is 2.60. The van der Waals surface area contributed by atoms with E-state index < -0.39 is 5.60 Å². The molecule has 0 aliphatic carbocycles. The van der Waals surface area contributed by atoms with E-state index in [9.17, 15) is 9.59 Å². The van der Waals surface area contributed by atoms with Gasteiger partial charge in [0.05, 0.1) is 6.04 Å². The molecule has 2 saturated heterocycles. The minimum Gasteiger partial charge on any atom is -0.444 e. The molecule has 166 valence electrons. The minimum atomic E-state index is -0.486. The summed E-state index contributed by atoms with van der Waals surface area (Å²) in [5.41, 5.74) is 5.66. The van der Waals surface area contributed by atoms with Crippen LogP contribution in [0.2, 0.25) is 0 Å². The van der Waals surface area contributed by atoms with Gasteiger partial charge in [0, 0.05) is 53.4 Å². The zero-order chi connectivity index (χ0) is 21.6. The standard InChI is InChI=1S/C20H38N6O3/c1-20(2,3)29-19(28)26-14-12-25(13-15-26)18(21)22-9-7-11-24-10-6-8-16(24)17(27)23(4)5/h16H,6-15H2,1-5H3,(H2,21,22). The van der Waals surface area contributed by atoms with Crippen LogP contribution in [-0.4, -0.2) is 109 Å². The molecule has 9 nitrogen and oxygen atoms in total. The van der Waals surface area contributed by atoms with E-state index in [2.05, 4.69) is 9.89 Å². The van der Waals surface area contributed by atoms with Gasteiger partial charge in [-0.05, 0) is 46.6 Å². The molecule has 2 aliphatic rings. The van der Waals surface area contributed by atoms with E-state index in [4.69, 9.17) is 10.5 Å². The Kier molecular flexibility index (Phi) is 8.13. The average molecular weight is 411 g/mol. The fourth-order valence-corrected chi connectivity index (χ4v) is 3.68. The Morgan fingerprint density at radius 3 is 2.31 bits per heavy atom. The van der Waals surface area contributed by atoms with Crippen LogP contribution in [0.15, 0.2) is 4.99 Å². The number of hydrogen-bond donors (Lipinski definition) is 1. The van der Waals surface area contributed by atoms with Crippen LogP contribution in [0.25, 0.3) is 0 Å². The number of carbonyl (C=O) groups is 2. The molecule has 0 spiro atoms. The van der Waals surface area contributed by atoms with Gasteiger partial charge in [0.2, 0.25) is 5.91 Å². The van der Waals surface area contributed by atoms with Crippen molar-refractivity contribution in [2.75, 3.05) is 59.9 Å². The zero-order valence-electron chi connectivity index (χ0n) is 18.7. The maximum Gasteiger partial charge on any atom is 0.410 e. The lowest BCUT2D eigenvalue weighted by molar-refractivity contribution is -0.133. The molecule has 2 rings (SSSR count). The quantitative estimate of drug-likeness (QED) is 0.409. The Labute approximate surface area is 174 Å². The largest absolute Gasteiger partial charge is 0.444 e. The summed E-state index contributed by atoms with van der Waals surface area (Å²) in [6.45, 7) is 10.5. The van der Waals surface area contributed by atoms with Crippen LogP contribution in [0.5, 0.6) is 0 Å². The van der Waals surface area contributed by atoms with E-state index in [-0.39, 0.29) is 18.0 Å². The van der Waals surface area contributed by atoms with Gasteiger partial charge in [-0.2, -0.15) is 0 Å². The van der Waals surface area contributed by atoms with Gasteiger partial charge in [0.1, 0.15) is 5.60 Å². The third-order valence-electron chi connectivity index (χ3n) is 5.22. The number of aliphatic imine (C=N–C) groups is 1. The number of nitrogens with zero attached hydrogens (tertiary/aromatic N) is 5. The van der Waals surface area contributed by atoms with E-state index in [0.29, 0.717) is 38.7 Å². The van der Waals surface area contributed by atoms with Gasteiger partial charge in [0.25, 0.3) is 0 Å². The second kappa shape index (κ2) is 10.1. The third-order valence-corrected chi connectivity index (χ3v) is 5.22. The minimum absolute atomic E-state index is 0.00672. The van der Waals surface area contributed by atoms with Crippen molar-refractivity contribution in [2.45, 2.75) is 51.7 Å². The average Bonchev–Trinajstić information content (AvgIpc) is 3.11. The van der Waals surface area contributed by atoms with E-state index in [0.717, 1.165) is 32.4 Å². The van der Waals surface area contributed by atoms with Crippen LogP contribution in [0.3, 0.4) is 0 Å². The molecule has 2 aliphatic heterocycles. The molecule has 2 N–H and O–H groups in total. The van der Waals surface area contributed by atoms with Gasteiger partial charge in [-0.3, -0.25) is 14.7 Å². The molecule has 0 saturated carbocycles. The zero-order valence-corrected chi connectivity index (χ0v) is 18.7. The van der Waals surface area contributed by atoms with Crippen molar-refractivity contribution in [1.82, 2.24) is 19.6 Å². The summed E-state index contributed by atoms with van der Waals surface area (Å²) < 4.78 is 5.42. The van der Waals surface area contributed by atoms with E-state index >= 15 is 0 Å². The molecule has 0 aromatic heterocycles. The highest BCUT2D eigenvalue weighted by atomic mass is 16.6. The van der Waals surface area contributed by atoms with Crippen molar-refractivity contribution in [3.8, 4) is 0 Å². The molecule has 2 amide bonds. The lowest BCUT2D eigenvalue weighted by atomic mass is 10.2. The number of guanidine groups is 1. The molecular formula is C20H38N6O3. The van der Waals surface area contributed by atoms with Crippen LogP contribution < -0.4 is 5.73 Å². The Morgan fingerprint density at radius 2 is 1.72 bits per heavy atom. The second-order valence-corrected chi connectivity index (χ2v) is 8.97. The van der Waals surface area contributed by atoms with Crippen molar-refractivity contribution >= 4 is 18.0 Å². The Bertz CT molecular complexity index is 594. The molecule has 9 heteroatoms. The lowest BCUT2D eigenvalue weighted by Gasteiger charge is -2.36. The molecular weight excluding hydrogens is 372 g/mol. The molecule has 0 aromatic rings. The predicted molar refractivity (Wildman–Crippen MR) is 114 cm³/mol. The Balaban J connectivity index is 1.71. The van der Waals surface area contributed by atoms with Crippen LogP contribution >= 0.6 is 0 Å². The second-order valence-electron chi connectivity index (χ2n) is 8.97. The van der Waals surface area contributed by atoms with Gasteiger partial charge < -0.3 is 25.2 Å². The summed E-state index contributed by atoms with van der Waals surface area (Å²) in [5, 5.41) is 0. The molecule has 1 atom stereocenters.